The molecule has 0 radical (unpaired) electrons. The fourth-order valence-electron chi connectivity index (χ4n) is 3.89. The molecule has 0 saturated carbocycles. The van der Waals surface area contributed by atoms with Crippen LogP contribution < -0.4 is 10.2 Å². The van der Waals surface area contributed by atoms with Crippen molar-refractivity contribution < 1.29 is 4.79 Å². The van der Waals surface area contributed by atoms with Crippen LogP contribution in [0.5, 0.6) is 0 Å². The number of hydrogen-bond acceptors (Lipinski definition) is 4. The summed E-state index contributed by atoms with van der Waals surface area (Å²) >= 11 is 0. The Morgan fingerprint density at radius 3 is 2.16 bits per heavy atom. The summed E-state index contributed by atoms with van der Waals surface area (Å²) < 4.78 is 0. The van der Waals surface area contributed by atoms with E-state index >= 15 is 0 Å². The normalized spacial score (nSPS) is 14.9. The third-order valence-electron chi connectivity index (χ3n) is 5.86. The predicted octanol–water partition coefficient (Wildman–Crippen LogP) is 3.10. The molecule has 3 rings (SSSR count). The Bertz CT molecular complexity index is 785. The Labute approximate surface area is 187 Å². The van der Waals surface area contributed by atoms with Gasteiger partial charge in [0.1, 0.15) is 0 Å². The van der Waals surface area contributed by atoms with Gasteiger partial charge in [-0.25, -0.2) is 4.79 Å². The molecule has 0 unspecified atom stereocenters. The van der Waals surface area contributed by atoms with Crippen LogP contribution >= 0.6 is 0 Å². The van der Waals surface area contributed by atoms with Gasteiger partial charge in [-0.3, -0.25) is 4.90 Å². The van der Waals surface area contributed by atoms with E-state index in [0.717, 1.165) is 56.9 Å². The summed E-state index contributed by atoms with van der Waals surface area (Å²) in [5.74, 6) is 0. The lowest BCUT2D eigenvalue weighted by Crippen LogP contribution is -2.46. The second-order valence-corrected chi connectivity index (χ2v) is 8.61. The molecule has 6 nitrogen and oxygen atoms in total. The molecule has 0 aliphatic carbocycles. The molecule has 0 aromatic heterocycles. The van der Waals surface area contributed by atoms with Crippen molar-refractivity contribution in [3.8, 4) is 0 Å². The van der Waals surface area contributed by atoms with Crippen LogP contribution in [-0.4, -0.2) is 81.1 Å². The van der Waals surface area contributed by atoms with Gasteiger partial charge in [-0.2, -0.15) is 0 Å². The summed E-state index contributed by atoms with van der Waals surface area (Å²) in [6.07, 6.45) is 0.982. The van der Waals surface area contributed by atoms with E-state index < -0.39 is 0 Å². The monoisotopic (exact) mass is 423 g/mol. The van der Waals surface area contributed by atoms with Crippen molar-refractivity contribution in [1.29, 1.82) is 0 Å². The van der Waals surface area contributed by atoms with E-state index in [2.05, 4.69) is 74.6 Å². The Hall–Kier alpha value is -2.57. The van der Waals surface area contributed by atoms with Gasteiger partial charge in [-0.05, 0) is 36.2 Å². The van der Waals surface area contributed by atoms with Gasteiger partial charge in [-0.15, -0.1) is 0 Å². The standard InChI is InChI=1S/C25H37N5O/c1-27(2)24-12-10-23(11-13-24)20-28(3)25(31)26-14-7-15-29-16-18-30(19-17-29)21-22-8-5-4-6-9-22/h4-6,8-13H,7,14-21H2,1-3H3,(H,26,31). The maximum atomic E-state index is 12.4. The van der Waals surface area contributed by atoms with Crippen molar-refractivity contribution >= 4 is 11.7 Å². The predicted molar refractivity (Wildman–Crippen MR) is 128 cm³/mol. The van der Waals surface area contributed by atoms with E-state index in [1.165, 1.54) is 5.56 Å². The van der Waals surface area contributed by atoms with Gasteiger partial charge >= 0.3 is 6.03 Å². The molecule has 0 spiro atoms. The number of urea groups is 1. The molecule has 1 saturated heterocycles. The van der Waals surface area contributed by atoms with Crippen LogP contribution in [0.15, 0.2) is 54.6 Å². The quantitative estimate of drug-likeness (QED) is 0.630. The van der Waals surface area contributed by atoms with E-state index in [0.29, 0.717) is 13.1 Å². The van der Waals surface area contributed by atoms with Gasteiger partial charge < -0.3 is 20.0 Å². The molecular weight excluding hydrogens is 386 g/mol. The highest BCUT2D eigenvalue weighted by Crippen LogP contribution is 2.13. The lowest BCUT2D eigenvalue weighted by Gasteiger charge is -2.34. The zero-order valence-corrected chi connectivity index (χ0v) is 19.3. The molecule has 2 amide bonds. The van der Waals surface area contributed by atoms with E-state index in [-0.39, 0.29) is 6.03 Å². The smallest absolute Gasteiger partial charge is 0.317 e. The highest BCUT2D eigenvalue weighted by Gasteiger charge is 2.16. The Kier molecular flexibility index (Phi) is 8.74. The van der Waals surface area contributed by atoms with Crippen LogP contribution in [0.25, 0.3) is 0 Å². The van der Waals surface area contributed by atoms with E-state index in [4.69, 9.17) is 0 Å². The SMILES string of the molecule is CN(Cc1ccc(N(C)C)cc1)C(=O)NCCCN1CCN(Cc2ccccc2)CC1. The summed E-state index contributed by atoms with van der Waals surface area (Å²) in [5.41, 5.74) is 3.69. The van der Waals surface area contributed by atoms with E-state index in [1.54, 1.807) is 4.90 Å². The molecule has 0 bridgehead atoms. The zero-order valence-electron chi connectivity index (χ0n) is 19.3. The third kappa shape index (κ3) is 7.56. The molecule has 1 heterocycles. The van der Waals surface area contributed by atoms with Gasteiger partial charge in [0.25, 0.3) is 0 Å². The number of benzene rings is 2. The minimum absolute atomic E-state index is 0.00985. The van der Waals surface area contributed by atoms with E-state index in [9.17, 15) is 4.79 Å². The number of piperazine rings is 1. The van der Waals surface area contributed by atoms with Gasteiger partial charge in [0, 0.05) is 72.6 Å². The molecule has 31 heavy (non-hydrogen) atoms. The maximum absolute atomic E-state index is 12.4. The molecule has 1 fully saturated rings. The van der Waals surface area contributed by atoms with Gasteiger partial charge in [0.05, 0.1) is 0 Å². The molecule has 6 heteroatoms. The second-order valence-electron chi connectivity index (χ2n) is 8.61. The number of amides is 2. The zero-order chi connectivity index (χ0) is 22.1. The number of carbonyl (C=O) groups excluding carboxylic acids is 1. The maximum Gasteiger partial charge on any atom is 0.317 e. The fraction of sp³-hybridized carbons (Fsp3) is 0.480. The minimum Gasteiger partial charge on any atom is -0.378 e. The average Bonchev–Trinajstić information content (AvgIpc) is 2.78. The van der Waals surface area contributed by atoms with Crippen LogP contribution in [0, 0.1) is 0 Å². The highest BCUT2D eigenvalue weighted by atomic mass is 16.2. The molecule has 1 N–H and O–H groups in total. The third-order valence-corrected chi connectivity index (χ3v) is 5.86. The first kappa shape index (κ1) is 23.1. The number of anilines is 1. The van der Waals surface area contributed by atoms with Crippen molar-refractivity contribution in [3.05, 3.63) is 65.7 Å². The number of nitrogens with one attached hydrogen (secondary N) is 1. The Morgan fingerprint density at radius 2 is 1.52 bits per heavy atom. The summed E-state index contributed by atoms with van der Waals surface area (Å²) in [5, 5.41) is 3.05. The molecule has 2 aromatic carbocycles. The summed E-state index contributed by atoms with van der Waals surface area (Å²) in [7, 11) is 5.90. The van der Waals surface area contributed by atoms with Gasteiger partial charge in [-0.1, -0.05) is 42.5 Å². The summed E-state index contributed by atoms with van der Waals surface area (Å²) in [4.78, 5) is 21.2. The van der Waals surface area contributed by atoms with Crippen LogP contribution in [0.1, 0.15) is 17.5 Å². The number of nitrogens with zero attached hydrogens (tertiary/aromatic N) is 4. The molecule has 0 atom stereocenters. The van der Waals surface area contributed by atoms with Crippen molar-refractivity contribution in [2.24, 2.45) is 0 Å². The first-order valence-electron chi connectivity index (χ1n) is 11.2. The van der Waals surface area contributed by atoms with Crippen LogP contribution in [0.2, 0.25) is 0 Å². The largest absolute Gasteiger partial charge is 0.378 e. The molecule has 168 valence electrons. The summed E-state index contributed by atoms with van der Waals surface area (Å²) in [6, 6.07) is 19.0. The first-order valence-corrected chi connectivity index (χ1v) is 11.2. The van der Waals surface area contributed by atoms with Gasteiger partial charge in [0.2, 0.25) is 0 Å². The average molecular weight is 424 g/mol. The van der Waals surface area contributed by atoms with Crippen molar-refractivity contribution in [3.63, 3.8) is 0 Å². The molecular formula is C25H37N5O. The molecule has 2 aromatic rings. The van der Waals surface area contributed by atoms with E-state index in [1.807, 2.05) is 21.1 Å². The topological polar surface area (TPSA) is 42.1 Å². The number of hydrogen-bond donors (Lipinski definition) is 1. The molecule has 1 aliphatic heterocycles. The highest BCUT2D eigenvalue weighted by molar-refractivity contribution is 5.73. The minimum atomic E-state index is -0.00985. The van der Waals surface area contributed by atoms with Crippen LogP contribution in [0.3, 0.4) is 0 Å². The van der Waals surface area contributed by atoms with Gasteiger partial charge in [0.15, 0.2) is 0 Å². The fourth-order valence-corrected chi connectivity index (χ4v) is 3.89. The van der Waals surface area contributed by atoms with Crippen molar-refractivity contribution in [2.75, 3.05) is 65.3 Å². The molecule has 1 aliphatic rings. The second kappa shape index (κ2) is 11.7. The lowest BCUT2D eigenvalue weighted by atomic mass is 10.2. The first-order chi connectivity index (χ1) is 15.0. The lowest BCUT2D eigenvalue weighted by molar-refractivity contribution is 0.126. The summed E-state index contributed by atoms with van der Waals surface area (Å²) in [6.45, 7) is 7.82. The Balaban J connectivity index is 1.28. The van der Waals surface area contributed by atoms with Crippen molar-refractivity contribution in [2.45, 2.75) is 19.5 Å². The number of carbonyl (C=O) groups is 1. The van der Waals surface area contributed by atoms with Crippen LogP contribution in [0.4, 0.5) is 10.5 Å². The van der Waals surface area contributed by atoms with Crippen molar-refractivity contribution in [1.82, 2.24) is 20.0 Å². The Morgan fingerprint density at radius 1 is 0.871 bits per heavy atom. The number of rotatable bonds is 9. The van der Waals surface area contributed by atoms with Crippen LogP contribution in [-0.2, 0) is 13.1 Å².